The zero-order valence-corrected chi connectivity index (χ0v) is 40.9. The van der Waals surface area contributed by atoms with E-state index in [1.54, 1.807) is 0 Å². The molecule has 62 heavy (non-hydrogen) atoms. The quantitative estimate of drug-likeness (QED) is 0.0262. The Labute approximate surface area is 383 Å². The lowest BCUT2D eigenvalue weighted by molar-refractivity contribution is -0.167. The zero-order chi connectivity index (χ0) is 45.1. The molecule has 0 aliphatic carbocycles. The normalized spacial score (nSPS) is 12.5. The SMILES string of the molecule is CCCC/C=C\C/C=C\CCCCCCCC(=O)O[C@H](COC(=O)CCCCCCC/C=C\CCCC)COC(=O)CCCCCCCCCCC/C=C\C/C=C\CCCCC. The molecule has 1 atom stereocenters. The topological polar surface area (TPSA) is 78.9 Å². The Bertz CT molecular complexity index is 1130. The molecule has 0 unspecified atom stereocenters. The minimum Gasteiger partial charge on any atom is -0.462 e. The minimum atomic E-state index is -0.785. The van der Waals surface area contributed by atoms with Crippen LogP contribution in [0.4, 0.5) is 0 Å². The average molecular weight is 867 g/mol. The first kappa shape index (κ1) is 59.1. The summed E-state index contributed by atoms with van der Waals surface area (Å²) in [5.41, 5.74) is 0. The molecule has 6 heteroatoms. The third kappa shape index (κ3) is 48.1. The molecule has 0 radical (unpaired) electrons. The monoisotopic (exact) mass is 867 g/mol. The molecule has 0 aromatic carbocycles. The molecule has 358 valence electrons. The van der Waals surface area contributed by atoms with E-state index in [0.29, 0.717) is 19.3 Å². The van der Waals surface area contributed by atoms with Crippen molar-refractivity contribution in [2.75, 3.05) is 13.2 Å². The molecule has 0 saturated carbocycles. The highest BCUT2D eigenvalue weighted by atomic mass is 16.6. The summed E-state index contributed by atoms with van der Waals surface area (Å²) in [5.74, 6) is -0.909. The lowest BCUT2D eigenvalue weighted by Crippen LogP contribution is -2.30. The van der Waals surface area contributed by atoms with Crippen molar-refractivity contribution in [2.24, 2.45) is 0 Å². The smallest absolute Gasteiger partial charge is 0.306 e. The van der Waals surface area contributed by atoms with Crippen LogP contribution in [0.15, 0.2) is 60.8 Å². The molecule has 6 nitrogen and oxygen atoms in total. The van der Waals surface area contributed by atoms with Gasteiger partial charge in [0.1, 0.15) is 13.2 Å². The van der Waals surface area contributed by atoms with E-state index in [0.717, 1.165) is 96.3 Å². The second-order valence-corrected chi connectivity index (χ2v) is 17.4. The lowest BCUT2D eigenvalue weighted by atomic mass is 10.1. The molecule has 0 N–H and O–H groups in total. The van der Waals surface area contributed by atoms with Gasteiger partial charge in [0, 0.05) is 19.3 Å². The molecular weight excluding hydrogens is 769 g/mol. The molecule has 0 aromatic rings. The first-order valence-corrected chi connectivity index (χ1v) is 26.3. The lowest BCUT2D eigenvalue weighted by Gasteiger charge is -2.18. The van der Waals surface area contributed by atoms with Crippen molar-refractivity contribution in [2.45, 2.75) is 264 Å². The number of unbranched alkanes of at least 4 members (excludes halogenated alkanes) is 26. The summed E-state index contributed by atoms with van der Waals surface area (Å²) in [7, 11) is 0. The van der Waals surface area contributed by atoms with Gasteiger partial charge in [0.15, 0.2) is 6.10 Å². The van der Waals surface area contributed by atoms with E-state index < -0.39 is 6.10 Å². The molecule has 0 spiro atoms. The summed E-state index contributed by atoms with van der Waals surface area (Å²) < 4.78 is 16.8. The van der Waals surface area contributed by atoms with Crippen LogP contribution in [-0.2, 0) is 28.6 Å². The van der Waals surface area contributed by atoms with Crippen LogP contribution in [0, 0.1) is 0 Å². The molecule has 0 heterocycles. The van der Waals surface area contributed by atoms with Gasteiger partial charge in [-0.3, -0.25) is 14.4 Å². The zero-order valence-electron chi connectivity index (χ0n) is 40.9. The Kier molecular flexibility index (Phi) is 48.4. The van der Waals surface area contributed by atoms with Crippen molar-refractivity contribution < 1.29 is 28.6 Å². The van der Waals surface area contributed by atoms with Gasteiger partial charge in [-0.1, -0.05) is 204 Å². The van der Waals surface area contributed by atoms with E-state index in [2.05, 4.69) is 81.5 Å². The van der Waals surface area contributed by atoms with Crippen LogP contribution in [0.1, 0.15) is 258 Å². The third-order valence-electron chi connectivity index (χ3n) is 11.2. The van der Waals surface area contributed by atoms with Gasteiger partial charge in [-0.2, -0.15) is 0 Å². The van der Waals surface area contributed by atoms with Crippen LogP contribution >= 0.6 is 0 Å². The fourth-order valence-corrected chi connectivity index (χ4v) is 7.18. The van der Waals surface area contributed by atoms with E-state index in [1.165, 1.54) is 122 Å². The molecule has 0 rings (SSSR count). The van der Waals surface area contributed by atoms with E-state index >= 15 is 0 Å². The summed E-state index contributed by atoms with van der Waals surface area (Å²) in [6, 6.07) is 0. The number of carbonyl (C=O) groups excluding carboxylic acids is 3. The van der Waals surface area contributed by atoms with Crippen molar-refractivity contribution in [3.05, 3.63) is 60.8 Å². The molecule has 0 aliphatic heterocycles. The predicted molar refractivity (Wildman–Crippen MR) is 265 cm³/mol. The van der Waals surface area contributed by atoms with Gasteiger partial charge >= 0.3 is 17.9 Å². The standard InChI is InChI=1S/C56H98O6/c1-4-7-10-13-16-19-22-24-26-27-28-29-30-32-34-37-40-43-46-49-55(58)61-52-53(51-60-54(57)48-45-42-39-36-33-21-18-15-12-9-6-3)62-56(59)50-47-44-41-38-35-31-25-23-20-17-14-11-8-5-2/h14-19,23-26,53H,4-13,20-22,27-52H2,1-3H3/b17-14-,18-15-,19-16-,25-23-,26-24-/t53-/m1/s1. The number of rotatable bonds is 47. The summed E-state index contributed by atoms with van der Waals surface area (Å²) in [5, 5.41) is 0. The van der Waals surface area contributed by atoms with E-state index in [9.17, 15) is 14.4 Å². The fraction of sp³-hybridized carbons (Fsp3) is 0.768. The Morgan fingerprint density at radius 3 is 0.952 bits per heavy atom. The maximum absolute atomic E-state index is 12.8. The minimum absolute atomic E-state index is 0.0846. The highest BCUT2D eigenvalue weighted by molar-refractivity contribution is 5.71. The first-order valence-electron chi connectivity index (χ1n) is 26.3. The number of hydrogen-bond donors (Lipinski definition) is 0. The van der Waals surface area contributed by atoms with Crippen LogP contribution in [0.2, 0.25) is 0 Å². The van der Waals surface area contributed by atoms with Crippen LogP contribution in [-0.4, -0.2) is 37.2 Å². The number of esters is 3. The number of carbonyl (C=O) groups is 3. The highest BCUT2D eigenvalue weighted by Gasteiger charge is 2.19. The van der Waals surface area contributed by atoms with Crippen molar-refractivity contribution in [3.8, 4) is 0 Å². The Balaban J connectivity index is 4.36. The van der Waals surface area contributed by atoms with Crippen molar-refractivity contribution >= 4 is 17.9 Å². The molecule has 0 aromatic heterocycles. The summed E-state index contributed by atoms with van der Waals surface area (Å²) in [6.07, 6.45) is 62.0. The Morgan fingerprint density at radius 2 is 0.597 bits per heavy atom. The molecule has 0 aliphatic rings. The predicted octanol–water partition coefficient (Wildman–Crippen LogP) is 17.3. The van der Waals surface area contributed by atoms with E-state index in [4.69, 9.17) is 14.2 Å². The van der Waals surface area contributed by atoms with Gasteiger partial charge in [0.25, 0.3) is 0 Å². The second kappa shape index (κ2) is 50.8. The number of hydrogen-bond acceptors (Lipinski definition) is 6. The Morgan fingerprint density at radius 1 is 0.323 bits per heavy atom. The fourth-order valence-electron chi connectivity index (χ4n) is 7.18. The van der Waals surface area contributed by atoms with Gasteiger partial charge < -0.3 is 14.2 Å². The summed E-state index contributed by atoms with van der Waals surface area (Å²) >= 11 is 0. The Hall–Kier alpha value is -2.89. The van der Waals surface area contributed by atoms with Crippen LogP contribution in [0.25, 0.3) is 0 Å². The maximum Gasteiger partial charge on any atom is 0.306 e. The van der Waals surface area contributed by atoms with Crippen molar-refractivity contribution in [1.82, 2.24) is 0 Å². The third-order valence-corrected chi connectivity index (χ3v) is 11.2. The largest absolute Gasteiger partial charge is 0.462 e. The molecule has 0 amide bonds. The molecule has 0 bridgehead atoms. The first-order chi connectivity index (χ1) is 30.5. The number of ether oxygens (including phenoxy) is 3. The number of allylic oxidation sites excluding steroid dienone is 10. The van der Waals surface area contributed by atoms with Gasteiger partial charge in [0.05, 0.1) is 0 Å². The molecular formula is C56H98O6. The van der Waals surface area contributed by atoms with E-state index in [-0.39, 0.29) is 31.1 Å². The van der Waals surface area contributed by atoms with Gasteiger partial charge in [0.2, 0.25) is 0 Å². The van der Waals surface area contributed by atoms with E-state index in [1.807, 2.05) is 0 Å². The van der Waals surface area contributed by atoms with Crippen LogP contribution < -0.4 is 0 Å². The molecule has 0 saturated heterocycles. The maximum atomic E-state index is 12.8. The van der Waals surface area contributed by atoms with Crippen LogP contribution in [0.5, 0.6) is 0 Å². The summed E-state index contributed by atoms with van der Waals surface area (Å²) in [6.45, 7) is 6.52. The van der Waals surface area contributed by atoms with Crippen molar-refractivity contribution in [1.29, 1.82) is 0 Å². The van der Waals surface area contributed by atoms with Gasteiger partial charge in [-0.15, -0.1) is 0 Å². The van der Waals surface area contributed by atoms with Crippen molar-refractivity contribution in [3.63, 3.8) is 0 Å². The molecule has 0 fully saturated rings. The van der Waals surface area contributed by atoms with Crippen LogP contribution in [0.3, 0.4) is 0 Å². The summed E-state index contributed by atoms with van der Waals surface area (Å²) in [4.78, 5) is 37.9. The van der Waals surface area contributed by atoms with Gasteiger partial charge in [-0.25, -0.2) is 0 Å². The van der Waals surface area contributed by atoms with Gasteiger partial charge in [-0.05, 0) is 96.3 Å². The average Bonchev–Trinajstić information content (AvgIpc) is 3.27. The second-order valence-electron chi connectivity index (χ2n) is 17.4. The highest BCUT2D eigenvalue weighted by Crippen LogP contribution is 2.14.